The number of rotatable bonds is 6. The van der Waals surface area contributed by atoms with E-state index in [0.29, 0.717) is 25.3 Å². The van der Waals surface area contributed by atoms with Crippen molar-refractivity contribution in [3.05, 3.63) is 35.9 Å². The van der Waals surface area contributed by atoms with Crippen molar-refractivity contribution in [3.8, 4) is 11.5 Å². The van der Waals surface area contributed by atoms with Gasteiger partial charge in [-0.3, -0.25) is 4.79 Å². The van der Waals surface area contributed by atoms with Crippen molar-refractivity contribution in [2.24, 2.45) is 0 Å². The fourth-order valence-corrected chi connectivity index (χ4v) is 1.95. The van der Waals surface area contributed by atoms with Gasteiger partial charge in [-0.15, -0.1) is 6.58 Å². The molecule has 4 heteroatoms. The van der Waals surface area contributed by atoms with Crippen molar-refractivity contribution >= 4 is 5.91 Å². The average Bonchev–Trinajstić information content (AvgIpc) is 2.42. The molecule has 0 aliphatic carbocycles. The van der Waals surface area contributed by atoms with Crippen LogP contribution in [0.1, 0.15) is 29.8 Å². The van der Waals surface area contributed by atoms with E-state index in [0.717, 1.165) is 5.56 Å². The number of phenolic OH excluding ortho intramolecular Hbond substituents is 1. The van der Waals surface area contributed by atoms with Crippen LogP contribution >= 0.6 is 0 Å². The summed E-state index contributed by atoms with van der Waals surface area (Å²) in [6, 6.07) is 3.41. The fraction of sp³-hybridized carbons (Fsp3) is 0.400. The van der Waals surface area contributed by atoms with Crippen LogP contribution in [0.3, 0.4) is 0 Å². The molecule has 1 aromatic rings. The lowest BCUT2D eigenvalue weighted by Gasteiger charge is -2.20. The van der Waals surface area contributed by atoms with Crippen LogP contribution in [0.15, 0.2) is 24.8 Å². The van der Waals surface area contributed by atoms with Crippen molar-refractivity contribution in [2.75, 3.05) is 20.2 Å². The highest BCUT2D eigenvalue weighted by Gasteiger charge is 2.20. The van der Waals surface area contributed by atoms with Crippen LogP contribution in [0.5, 0.6) is 11.5 Å². The van der Waals surface area contributed by atoms with Gasteiger partial charge in [-0.05, 0) is 38.0 Å². The molecule has 0 spiro atoms. The molecule has 0 unspecified atom stereocenters. The Morgan fingerprint density at radius 3 is 2.53 bits per heavy atom. The minimum atomic E-state index is -0.188. The first kappa shape index (κ1) is 15.1. The number of hydrogen-bond donors (Lipinski definition) is 1. The Morgan fingerprint density at radius 1 is 1.42 bits per heavy atom. The number of ether oxygens (including phenoxy) is 1. The van der Waals surface area contributed by atoms with E-state index in [2.05, 4.69) is 6.58 Å². The number of allylic oxidation sites excluding steroid dienone is 1. The Morgan fingerprint density at radius 2 is 2.05 bits per heavy atom. The molecule has 0 heterocycles. The molecule has 104 valence electrons. The standard InChI is InChI=1S/C15H21NO3/c1-5-8-11-9-12(14(17)13(10-11)19-4)15(18)16(6-2)7-3/h5,9-10,17H,1,6-8H2,2-4H3. The Balaban J connectivity index is 3.27. The summed E-state index contributed by atoms with van der Waals surface area (Å²) in [7, 11) is 1.47. The summed E-state index contributed by atoms with van der Waals surface area (Å²) < 4.78 is 5.11. The summed E-state index contributed by atoms with van der Waals surface area (Å²) in [5, 5.41) is 10.1. The molecule has 0 atom stereocenters. The normalized spacial score (nSPS) is 10.1. The van der Waals surface area contributed by atoms with Crippen LogP contribution in [-0.2, 0) is 6.42 Å². The predicted octanol–water partition coefficient (Wildman–Crippen LogP) is 2.61. The van der Waals surface area contributed by atoms with Crippen molar-refractivity contribution < 1.29 is 14.6 Å². The summed E-state index contributed by atoms with van der Waals surface area (Å²) in [4.78, 5) is 14.0. The van der Waals surface area contributed by atoms with Crippen molar-refractivity contribution in [1.29, 1.82) is 0 Å². The quantitative estimate of drug-likeness (QED) is 0.803. The van der Waals surface area contributed by atoms with Gasteiger partial charge in [-0.25, -0.2) is 0 Å². The number of nitrogens with zero attached hydrogens (tertiary/aromatic N) is 1. The fourth-order valence-electron chi connectivity index (χ4n) is 1.95. The van der Waals surface area contributed by atoms with Crippen LogP contribution in [0.25, 0.3) is 0 Å². The Kier molecular flexibility index (Phi) is 5.42. The van der Waals surface area contributed by atoms with Gasteiger partial charge in [-0.1, -0.05) is 6.08 Å². The largest absolute Gasteiger partial charge is 0.504 e. The molecule has 0 aliphatic heterocycles. The van der Waals surface area contributed by atoms with Gasteiger partial charge in [0.05, 0.1) is 12.7 Å². The van der Waals surface area contributed by atoms with Gasteiger partial charge >= 0.3 is 0 Å². The molecule has 0 bridgehead atoms. The van der Waals surface area contributed by atoms with E-state index >= 15 is 0 Å². The zero-order valence-electron chi connectivity index (χ0n) is 11.8. The molecule has 1 rings (SSSR count). The lowest BCUT2D eigenvalue weighted by molar-refractivity contribution is 0.0769. The number of carbonyl (C=O) groups is 1. The zero-order valence-corrected chi connectivity index (χ0v) is 11.8. The smallest absolute Gasteiger partial charge is 0.257 e. The maximum atomic E-state index is 12.3. The summed E-state index contributed by atoms with van der Waals surface area (Å²) in [6.45, 7) is 8.69. The van der Waals surface area contributed by atoms with Gasteiger partial charge in [0.15, 0.2) is 11.5 Å². The third-order valence-electron chi connectivity index (χ3n) is 3.02. The molecular weight excluding hydrogens is 242 g/mol. The number of benzene rings is 1. The highest BCUT2D eigenvalue weighted by molar-refractivity contribution is 5.98. The Hall–Kier alpha value is -1.97. The molecule has 19 heavy (non-hydrogen) atoms. The molecule has 4 nitrogen and oxygen atoms in total. The monoisotopic (exact) mass is 263 g/mol. The number of hydrogen-bond acceptors (Lipinski definition) is 3. The van der Waals surface area contributed by atoms with E-state index in [1.54, 1.807) is 23.1 Å². The molecule has 0 radical (unpaired) electrons. The third-order valence-corrected chi connectivity index (χ3v) is 3.02. The highest BCUT2D eigenvalue weighted by atomic mass is 16.5. The lowest BCUT2D eigenvalue weighted by Crippen LogP contribution is -2.30. The van der Waals surface area contributed by atoms with E-state index in [4.69, 9.17) is 4.74 Å². The number of carbonyl (C=O) groups excluding carboxylic acids is 1. The minimum Gasteiger partial charge on any atom is -0.504 e. The number of amides is 1. The van der Waals surface area contributed by atoms with Gasteiger partial charge < -0.3 is 14.7 Å². The van der Waals surface area contributed by atoms with Crippen LogP contribution in [0, 0.1) is 0 Å². The molecular formula is C15H21NO3. The highest BCUT2D eigenvalue weighted by Crippen LogP contribution is 2.32. The molecule has 1 aromatic carbocycles. The minimum absolute atomic E-state index is 0.104. The second kappa shape index (κ2) is 6.83. The Labute approximate surface area is 114 Å². The third kappa shape index (κ3) is 3.28. The van der Waals surface area contributed by atoms with Gasteiger partial charge in [0.1, 0.15) is 0 Å². The van der Waals surface area contributed by atoms with Crippen molar-refractivity contribution in [2.45, 2.75) is 20.3 Å². The SMILES string of the molecule is C=CCc1cc(OC)c(O)c(C(=O)N(CC)CC)c1. The molecule has 1 amide bonds. The lowest BCUT2D eigenvalue weighted by atomic mass is 10.0. The maximum absolute atomic E-state index is 12.3. The zero-order chi connectivity index (χ0) is 14.4. The van der Waals surface area contributed by atoms with Gasteiger partial charge in [0.2, 0.25) is 0 Å². The first-order chi connectivity index (χ1) is 9.08. The number of methoxy groups -OCH3 is 1. The summed E-state index contributed by atoms with van der Waals surface area (Å²) in [6.07, 6.45) is 2.37. The van der Waals surface area contributed by atoms with Crippen LogP contribution in [0.2, 0.25) is 0 Å². The van der Waals surface area contributed by atoms with Crippen LogP contribution in [0.4, 0.5) is 0 Å². The first-order valence-electron chi connectivity index (χ1n) is 6.39. The van der Waals surface area contributed by atoms with Crippen molar-refractivity contribution in [1.82, 2.24) is 4.90 Å². The molecule has 0 saturated carbocycles. The maximum Gasteiger partial charge on any atom is 0.257 e. The predicted molar refractivity (Wildman–Crippen MR) is 75.8 cm³/mol. The second-order valence-electron chi connectivity index (χ2n) is 4.16. The second-order valence-corrected chi connectivity index (χ2v) is 4.16. The topological polar surface area (TPSA) is 49.8 Å². The average molecular weight is 263 g/mol. The summed E-state index contributed by atoms with van der Waals surface area (Å²) in [5.41, 5.74) is 1.17. The number of aromatic hydroxyl groups is 1. The van der Waals surface area contributed by atoms with Gasteiger partial charge in [0.25, 0.3) is 5.91 Å². The van der Waals surface area contributed by atoms with E-state index in [1.807, 2.05) is 13.8 Å². The molecule has 0 aromatic heterocycles. The first-order valence-corrected chi connectivity index (χ1v) is 6.39. The van der Waals surface area contributed by atoms with E-state index in [9.17, 15) is 9.90 Å². The van der Waals surface area contributed by atoms with E-state index < -0.39 is 0 Å². The van der Waals surface area contributed by atoms with Crippen LogP contribution in [-0.4, -0.2) is 36.1 Å². The molecule has 0 saturated heterocycles. The van der Waals surface area contributed by atoms with E-state index in [1.165, 1.54) is 7.11 Å². The van der Waals surface area contributed by atoms with Crippen molar-refractivity contribution in [3.63, 3.8) is 0 Å². The Bertz CT molecular complexity index is 465. The van der Waals surface area contributed by atoms with Gasteiger partial charge in [0, 0.05) is 13.1 Å². The molecule has 1 N–H and O–H groups in total. The summed E-state index contributed by atoms with van der Waals surface area (Å²) in [5.74, 6) is 0.0220. The number of phenols is 1. The van der Waals surface area contributed by atoms with Gasteiger partial charge in [-0.2, -0.15) is 0 Å². The molecule has 0 fully saturated rings. The summed E-state index contributed by atoms with van der Waals surface area (Å²) >= 11 is 0. The molecule has 0 aliphatic rings. The van der Waals surface area contributed by atoms with Crippen LogP contribution < -0.4 is 4.74 Å². The van der Waals surface area contributed by atoms with E-state index in [-0.39, 0.29) is 17.2 Å².